The van der Waals surface area contributed by atoms with Crippen LogP contribution in [0.25, 0.3) is 5.78 Å². The zero-order valence-corrected chi connectivity index (χ0v) is 10.1. The summed E-state index contributed by atoms with van der Waals surface area (Å²) < 4.78 is 3.36. The van der Waals surface area contributed by atoms with Crippen LogP contribution in [0.15, 0.2) is 10.9 Å². The van der Waals surface area contributed by atoms with Crippen molar-refractivity contribution in [1.82, 2.24) is 19.2 Å². The van der Waals surface area contributed by atoms with Gasteiger partial charge in [-0.1, -0.05) is 13.8 Å². The van der Waals surface area contributed by atoms with Crippen molar-refractivity contribution in [3.05, 3.63) is 27.9 Å². The summed E-state index contributed by atoms with van der Waals surface area (Å²) in [4.78, 5) is 20.7. The van der Waals surface area contributed by atoms with Gasteiger partial charge in [-0.2, -0.15) is 9.50 Å². The molecule has 0 N–H and O–H groups in total. The van der Waals surface area contributed by atoms with Crippen LogP contribution in [-0.4, -0.2) is 19.2 Å². The van der Waals surface area contributed by atoms with Crippen molar-refractivity contribution in [2.24, 2.45) is 0 Å². The molecule has 5 nitrogen and oxygen atoms in total. The van der Waals surface area contributed by atoms with Gasteiger partial charge in [0.15, 0.2) is 0 Å². The number of hydrogen-bond donors (Lipinski definition) is 0. The van der Waals surface area contributed by atoms with Crippen LogP contribution >= 0.6 is 0 Å². The quantitative estimate of drug-likeness (QED) is 0.767. The Morgan fingerprint density at radius 3 is 2.62 bits per heavy atom. The van der Waals surface area contributed by atoms with Gasteiger partial charge in [-0.05, 0) is 19.8 Å². The fraction of sp³-hybridized carbons (Fsp3) is 0.545. The van der Waals surface area contributed by atoms with E-state index in [0.717, 1.165) is 11.5 Å². The van der Waals surface area contributed by atoms with Crippen LogP contribution < -0.4 is 5.56 Å². The lowest BCUT2D eigenvalue weighted by Crippen LogP contribution is -2.22. The highest BCUT2D eigenvalue weighted by molar-refractivity contribution is 5.29. The Morgan fingerprint density at radius 1 is 1.38 bits per heavy atom. The lowest BCUT2D eigenvalue weighted by Gasteiger charge is -2.05. The average Bonchev–Trinajstić information content (AvgIpc) is 2.53. The van der Waals surface area contributed by atoms with E-state index in [1.807, 2.05) is 32.4 Å². The maximum atomic E-state index is 12.0. The highest BCUT2D eigenvalue weighted by atomic mass is 16.1. The van der Waals surface area contributed by atoms with Crippen molar-refractivity contribution < 1.29 is 0 Å². The van der Waals surface area contributed by atoms with E-state index in [1.165, 1.54) is 4.52 Å². The second-order valence-electron chi connectivity index (χ2n) is 4.16. The summed E-state index contributed by atoms with van der Waals surface area (Å²) in [5.41, 5.74) is 0.738. The van der Waals surface area contributed by atoms with Gasteiger partial charge >= 0.3 is 0 Å². The van der Waals surface area contributed by atoms with E-state index >= 15 is 0 Å². The molecule has 5 heteroatoms. The normalized spacial score (nSPS) is 11.6. The maximum absolute atomic E-state index is 12.0. The van der Waals surface area contributed by atoms with Crippen LogP contribution in [0, 0.1) is 6.92 Å². The first-order valence-electron chi connectivity index (χ1n) is 5.51. The molecule has 0 amide bonds. The van der Waals surface area contributed by atoms with Gasteiger partial charge in [0.25, 0.3) is 11.3 Å². The molecule has 0 atom stereocenters. The summed E-state index contributed by atoms with van der Waals surface area (Å²) in [6, 6.07) is 1.59. The van der Waals surface area contributed by atoms with E-state index in [9.17, 15) is 4.79 Å². The van der Waals surface area contributed by atoms with Crippen LogP contribution in [0.1, 0.15) is 38.2 Å². The van der Waals surface area contributed by atoms with Crippen molar-refractivity contribution in [3.8, 4) is 0 Å². The molecular weight excluding hydrogens is 204 g/mol. The zero-order chi connectivity index (χ0) is 11.9. The highest BCUT2D eigenvalue weighted by Gasteiger charge is 2.11. The number of rotatable bonds is 2. The van der Waals surface area contributed by atoms with Gasteiger partial charge in [-0.3, -0.25) is 9.48 Å². The molecule has 0 bridgehead atoms. The van der Waals surface area contributed by atoms with Crippen molar-refractivity contribution >= 4 is 5.78 Å². The van der Waals surface area contributed by atoms with Crippen molar-refractivity contribution in [2.45, 2.75) is 40.2 Å². The molecule has 2 heterocycles. The van der Waals surface area contributed by atoms with Gasteiger partial charge in [0.05, 0.1) is 5.69 Å². The minimum Gasteiger partial charge on any atom is -0.267 e. The lowest BCUT2D eigenvalue weighted by molar-refractivity contribution is 0.578. The first kappa shape index (κ1) is 10.9. The molecule has 0 spiro atoms. The topological polar surface area (TPSA) is 52.2 Å². The summed E-state index contributed by atoms with van der Waals surface area (Å²) in [5, 5.41) is 0. The second kappa shape index (κ2) is 3.73. The molecule has 2 rings (SSSR count). The molecular formula is C11H16N4O. The van der Waals surface area contributed by atoms with Crippen molar-refractivity contribution in [2.75, 3.05) is 0 Å². The highest BCUT2D eigenvalue weighted by Crippen LogP contribution is 2.10. The summed E-state index contributed by atoms with van der Waals surface area (Å²) >= 11 is 0. The van der Waals surface area contributed by atoms with Crippen LogP contribution in [0.3, 0.4) is 0 Å². The maximum Gasteiger partial charge on any atom is 0.274 e. The Morgan fingerprint density at radius 2 is 2.06 bits per heavy atom. The SMILES string of the molecule is CCn1c(C)nc2nc(C(C)C)cc(=O)n21. The molecule has 0 radical (unpaired) electrons. The van der Waals surface area contributed by atoms with E-state index in [-0.39, 0.29) is 11.5 Å². The van der Waals surface area contributed by atoms with Crippen LogP contribution in [-0.2, 0) is 6.54 Å². The smallest absolute Gasteiger partial charge is 0.267 e. The third-order valence-corrected chi connectivity index (χ3v) is 2.67. The Labute approximate surface area is 93.7 Å². The van der Waals surface area contributed by atoms with E-state index in [4.69, 9.17) is 0 Å². The summed E-state index contributed by atoms with van der Waals surface area (Å²) in [6.45, 7) is 8.61. The lowest BCUT2D eigenvalue weighted by atomic mass is 10.1. The first-order valence-corrected chi connectivity index (χ1v) is 5.51. The number of fused-ring (bicyclic) bond motifs is 1. The molecule has 0 aromatic carbocycles. The summed E-state index contributed by atoms with van der Waals surface area (Å²) in [7, 11) is 0. The second-order valence-corrected chi connectivity index (χ2v) is 4.16. The zero-order valence-electron chi connectivity index (χ0n) is 10.1. The number of nitrogens with zero attached hydrogens (tertiary/aromatic N) is 4. The molecule has 0 aliphatic heterocycles. The van der Waals surface area contributed by atoms with E-state index in [2.05, 4.69) is 9.97 Å². The molecule has 86 valence electrons. The number of aromatic nitrogens is 4. The van der Waals surface area contributed by atoms with E-state index in [0.29, 0.717) is 12.3 Å². The predicted octanol–water partition coefficient (Wildman–Crippen LogP) is 1.34. The molecule has 0 fully saturated rings. The largest absolute Gasteiger partial charge is 0.274 e. The summed E-state index contributed by atoms with van der Waals surface area (Å²) in [5.74, 6) is 1.55. The summed E-state index contributed by atoms with van der Waals surface area (Å²) in [6.07, 6.45) is 0. The third-order valence-electron chi connectivity index (χ3n) is 2.67. The average molecular weight is 220 g/mol. The van der Waals surface area contributed by atoms with Gasteiger partial charge in [0.2, 0.25) is 0 Å². The van der Waals surface area contributed by atoms with Gasteiger partial charge in [-0.15, -0.1) is 0 Å². The van der Waals surface area contributed by atoms with Gasteiger partial charge < -0.3 is 0 Å². The Bertz CT molecular complexity index is 579. The Hall–Kier alpha value is -1.65. The van der Waals surface area contributed by atoms with Crippen molar-refractivity contribution in [1.29, 1.82) is 0 Å². The minimum absolute atomic E-state index is 0.0591. The van der Waals surface area contributed by atoms with Gasteiger partial charge in [0.1, 0.15) is 5.82 Å². The molecule has 2 aromatic rings. The molecule has 0 aliphatic rings. The first-order chi connectivity index (χ1) is 7.54. The Kier molecular flexibility index (Phi) is 2.53. The van der Waals surface area contributed by atoms with Gasteiger partial charge in [0, 0.05) is 12.6 Å². The molecule has 0 saturated carbocycles. The standard InChI is InChI=1S/C11H16N4O/c1-5-14-8(4)12-11-13-9(7(2)3)6-10(16)15(11)14/h6-7H,5H2,1-4H3. The molecule has 0 saturated heterocycles. The molecule has 0 aliphatic carbocycles. The molecule has 16 heavy (non-hydrogen) atoms. The third kappa shape index (κ3) is 1.52. The van der Waals surface area contributed by atoms with Crippen molar-refractivity contribution in [3.63, 3.8) is 0 Å². The van der Waals surface area contributed by atoms with Crippen LogP contribution in [0.2, 0.25) is 0 Å². The monoisotopic (exact) mass is 220 g/mol. The fourth-order valence-electron chi connectivity index (χ4n) is 1.79. The molecule has 2 aromatic heterocycles. The number of aryl methyl sites for hydroxylation is 2. The Balaban J connectivity index is 2.81. The predicted molar refractivity (Wildman–Crippen MR) is 61.7 cm³/mol. The van der Waals surface area contributed by atoms with Crippen LogP contribution in [0.4, 0.5) is 0 Å². The molecule has 0 unspecified atom stereocenters. The minimum atomic E-state index is -0.0591. The number of hydrogen-bond acceptors (Lipinski definition) is 3. The van der Waals surface area contributed by atoms with E-state index < -0.39 is 0 Å². The van der Waals surface area contributed by atoms with E-state index in [1.54, 1.807) is 6.07 Å². The fourth-order valence-corrected chi connectivity index (χ4v) is 1.79. The van der Waals surface area contributed by atoms with Crippen LogP contribution in [0.5, 0.6) is 0 Å². The van der Waals surface area contributed by atoms with Gasteiger partial charge in [-0.25, -0.2) is 4.98 Å².